The third-order valence-corrected chi connectivity index (χ3v) is 4.65. The molecule has 92 valence electrons. The Hall–Kier alpha value is -0.340. The quantitative estimate of drug-likeness (QED) is 0.772. The number of hydrogen-bond donors (Lipinski definition) is 1. The van der Waals surface area contributed by atoms with E-state index >= 15 is 0 Å². The van der Waals surface area contributed by atoms with Gasteiger partial charge in [0.1, 0.15) is 0 Å². The molecule has 0 saturated carbocycles. The smallest absolute Gasteiger partial charge is 0.0412 e. The Labute approximate surface area is 104 Å². The van der Waals surface area contributed by atoms with Gasteiger partial charge in [-0.1, -0.05) is 40.7 Å². The third kappa shape index (κ3) is 3.60. The Bertz CT molecular complexity index is 288. The van der Waals surface area contributed by atoms with Crippen LogP contribution in [0.1, 0.15) is 52.0 Å². The summed E-state index contributed by atoms with van der Waals surface area (Å²) in [6.07, 6.45) is 1.16. The molecule has 1 rings (SSSR count). The maximum atomic E-state index is 3.70. The molecule has 1 atom stereocenters. The first-order valence-electron chi connectivity index (χ1n) is 6.24. The molecule has 16 heavy (non-hydrogen) atoms. The summed E-state index contributed by atoms with van der Waals surface area (Å²) in [7, 11) is 0. The van der Waals surface area contributed by atoms with Crippen LogP contribution in [0, 0.1) is 11.3 Å². The fraction of sp³-hybridized carbons (Fsp3) is 0.714. The summed E-state index contributed by atoms with van der Waals surface area (Å²) in [4.78, 5) is 1.46. The van der Waals surface area contributed by atoms with Crippen molar-refractivity contribution in [2.45, 2.75) is 47.1 Å². The first-order chi connectivity index (χ1) is 7.47. The van der Waals surface area contributed by atoms with Gasteiger partial charge in [-0.3, -0.25) is 0 Å². The highest BCUT2D eigenvalue weighted by Gasteiger charge is 2.23. The van der Waals surface area contributed by atoms with E-state index in [2.05, 4.69) is 57.4 Å². The van der Waals surface area contributed by atoms with E-state index in [1.54, 1.807) is 0 Å². The van der Waals surface area contributed by atoms with Gasteiger partial charge in [-0.25, -0.2) is 0 Å². The Morgan fingerprint density at radius 2 is 2.06 bits per heavy atom. The van der Waals surface area contributed by atoms with Gasteiger partial charge in [0, 0.05) is 17.5 Å². The lowest BCUT2D eigenvalue weighted by molar-refractivity contribution is 0.228. The summed E-state index contributed by atoms with van der Waals surface area (Å²) >= 11 is 1.85. The zero-order chi connectivity index (χ0) is 12.2. The first kappa shape index (κ1) is 13.7. The first-order valence-corrected chi connectivity index (χ1v) is 7.12. The van der Waals surface area contributed by atoms with E-state index in [0.29, 0.717) is 17.4 Å². The number of thiophene rings is 1. The van der Waals surface area contributed by atoms with Crippen molar-refractivity contribution >= 4 is 11.3 Å². The summed E-state index contributed by atoms with van der Waals surface area (Å²) in [5, 5.41) is 5.86. The maximum absolute atomic E-state index is 3.70. The zero-order valence-electron chi connectivity index (χ0n) is 11.2. The molecule has 1 heterocycles. The second kappa shape index (κ2) is 5.83. The van der Waals surface area contributed by atoms with Gasteiger partial charge in [0.05, 0.1) is 0 Å². The van der Waals surface area contributed by atoms with Gasteiger partial charge in [-0.15, -0.1) is 11.3 Å². The largest absolute Gasteiger partial charge is 0.309 e. The van der Waals surface area contributed by atoms with Crippen LogP contribution in [0.4, 0.5) is 0 Å². The number of nitrogens with one attached hydrogen (secondary N) is 1. The van der Waals surface area contributed by atoms with Gasteiger partial charge in [-0.2, -0.15) is 0 Å². The molecule has 1 nitrogen and oxygen atoms in total. The second-order valence-corrected chi connectivity index (χ2v) is 6.48. The highest BCUT2D eigenvalue weighted by molar-refractivity contribution is 7.10. The molecule has 0 aliphatic heterocycles. The summed E-state index contributed by atoms with van der Waals surface area (Å²) in [6.45, 7) is 12.6. The Balaban J connectivity index is 2.53. The molecule has 0 aromatic carbocycles. The highest BCUT2D eigenvalue weighted by Crippen LogP contribution is 2.27. The molecule has 1 aromatic heterocycles. The summed E-state index contributed by atoms with van der Waals surface area (Å²) < 4.78 is 0. The zero-order valence-corrected chi connectivity index (χ0v) is 12.0. The van der Waals surface area contributed by atoms with Crippen LogP contribution in [0.15, 0.2) is 17.5 Å². The standard InChI is InChI=1S/C14H25NS/c1-6-12(13-8-7-9-16-13)15-10-14(4,5)11(2)3/h7-9,11-12,15H,6,10H2,1-5H3. The van der Waals surface area contributed by atoms with Crippen molar-refractivity contribution < 1.29 is 0 Å². The van der Waals surface area contributed by atoms with Crippen molar-refractivity contribution in [1.29, 1.82) is 0 Å². The van der Waals surface area contributed by atoms with Crippen molar-refractivity contribution in [1.82, 2.24) is 5.32 Å². The molecule has 0 radical (unpaired) electrons. The molecule has 0 aliphatic carbocycles. The van der Waals surface area contributed by atoms with E-state index in [0.717, 1.165) is 13.0 Å². The molecule has 1 aromatic rings. The van der Waals surface area contributed by atoms with Crippen LogP contribution in [0.5, 0.6) is 0 Å². The topological polar surface area (TPSA) is 12.0 Å². The van der Waals surface area contributed by atoms with Gasteiger partial charge < -0.3 is 5.32 Å². The van der Waals surface area contributed by atoms with Gasteiger partial charge >= 0.3 is 0 Å². The van der Waals surface area contributed by atoms with Crippen LogP contribution in [0.2, 0.25) is 0 Å². The van der Waals surface area contributed by atoms with E-state index in [1.165, 1.54) is 4.88 Å². The Kier molecular flexibility index (Phi) is 5.00. The lowest BCUT2D eigenvalue weighted by Crippen LogP contribution is -2.35. The van der Waals surface area contributed by atoms with Crippen molar-refractivity contribution in [3.05, 3.63) is 22.4 Å². The average Bonchev–Trinajstić information content (AvgIpc) is 2.71. The minimum atomic E-state index is 0.366. The van der Waals surface area contributed by atoms with E-state index in [4.69, 9.17) is 0 Å². The summed E-state index contributed by atoms with van der Waals surface area (Å²) in [5.74, 6) is 0.709. The molecular formula is C14H25NS. The molecule has 1 unspecified atom stereocenters. The summed E-state index contributed by atoms with van der Waals surface area (Å²) in [6, 6.07) is 4.89. The van der Waals surface area contributed by atoms with Gasteiger partial charge in [0.2, 0.25) is 0 Å². The molecule has 0 aliphatic rings. The predicted octanol–water partition coefficient (Wildman–Crippen LogP) is 4.47. The van der Waals surface area contributed by atoms with Crippen molar-refractivity contribution in [2.75, 3.05) is 6.54 Å². The highest BCUT2D eigenvalue weighted by atomic mass is 32.1. The number of rotatable bonds is 6. The normalized spacial score (nSPS) is 14.4. The van der Waals surface area contributed by atoms with Crippen LogP contribution < -0.4 is 5.32 Å². The van der Waals surface area contributed by atoms with Gasteiger partial charge in [0.25, 0.3) is 0 Å². The van der Waals surface area contributed by atoms with Gasteiger partial charge in [-0.05, 0) is 29.2 Å². The fourth-order valence-corrected chi connectivity index (χ4v) is 2.41. The number of hydrogen-bond acceptors (Lipinski definition) is 2. The fourth-order valence-electron chi connectivity index (χ4n) is 1.53. The predicted molar refractivity (Wildman–Crippen MR) is 74.0 cm³/mol. The minimum Gasteiger partial charge on any atom is -0.309 e. The van der Waals surface area contributed by atoms with Crippen LogP contribution in [0.3, 0.4) is 0 Å². The van der Waals surface area contributed by atoms with E-state index in [-0.39, 0.29) is 0 Å². The molecule has 0 bridgehead atoms. The minimum absolute atomic E-state index is 0.366. The van der Waals surface area contributed by atoms with Crippen LogP contribution in [0.25, 0.3) is 0 Å². The summed E-state index contributed by atoms with van der Waals surface area (Å²) in [5.41, 5.74) is 0.366. The lowest BCUT2D eigenvalue weighted by Gasteiger charge is -2.31. The SMILES string of the molecule is CCC(NCC(C)(C)C(C)C)c1cccs1. The van der Waals surface area contributed by atoms with Crippen LogP contribution in [-0.2, 0) is 0 Å². The van der Waals surface area contributed by atoms with Crippen LogP contribution >= 0.6 is 11.3 Å². The van der Waals surface area contributed by atoms with E-state index < -0.39 is 0 Å². The Morgan fingerprint density at radius 1 is 1.38 bits per heavy atom. The van der Waals surface area contributed by atoms with E-state index in [1.807, 2.05) is 11.3 Å². The molecule has 0 amide bonds. The van der Waals surface area contributed by atoms with Crippen molar-refractivity contribution in [3.63, 3.8) is 0 Å². The molecule has 0 fully saturated rings. The second-order valence-electron chi connectivity index (χ2n) is 5.50. The lowest BCUT2D eigenvalue weighted by atomic mass is 9.81. The monoisotopic (exact) mass is 239 g/mol. The Morgan fingerprint density at radius 3 is 2.50 bits per heavy atom. The van der Waals surface area contributed by atoms with Crippen molar-refractivity contribution in [3.8, 4) is 0 Å². The molecule has 0 spiro atoms. The van der Waals surface area contributed by atoms with E-state index in [9.17, 15) is 0 Å². The van der Waals surface area contributed by atoms with Crippen LogP contribution in [-0.4, -0.2) is 6.54 Å². The third-order valence-electron chi connectivity index (χ3n) is 3.66. The molecule has 2 heteroatoms. The maximum Gasteiger partial charge on any atom is 0.0412 e. The average molecular weight is 239 g/mol. The van der Waals surface area contributed by atoms with Gasteiger partial charge in [0.15, 0.2) is 0 Å². The molecule has 0 saturated heterocycles. The molecule has 1 N–H and O–H groups in total. The molecular weight excluding hydrogens is 214 g/mol. The van der Waals surface area contributed by atoms with Crippen molar-refractivity contribution in [2.24, 2.45) is 11.3 Å².